The maximum atomic E-state index is 12.0. The lowest BCUT2D eigenvalue weighted by molar-refractivity contribution is 0.342. The lowest BCUT2D eigenvalue weighted by Crippen LogP contribution is -2.39. The quantitative estimate of drug-likeness (QED) is 0.933. The smallest absolute Gasteiger partial charge is 0.0545 e. The van der Waals surface area contributed by atoms with Gasteiger partial charge in [-0.25, -0.2) is 0 Å². The third-order valence-electron chi connectivity index (χ3n) is 2.52. The van der Waals surface area contributed by atoms with Gasteiger partial charge in [-0.15, -0.1) is 0 Å². The number of halogens is 1. The molecule has 4 heteroatoms. The molecule has 0 saturated heterocycles. The number of rotatable bonds is 3. The van der Waals surface area contributed by atoms with Crippen LogP contribution in [0.4, 0.5) is 0 Å². The van der Waals surface area contributed by atoms with Crippen LogP contribution >= 0.6 is 15.9 Å². The van der Waals surface area contributed by atoms with Crippen molar-refractivity contribution in [2.24, 2.45) is 11.1 Å². The third kappa shape index (κ3) is 4.00. The largest absolute Gasteiger partial charge is 0.326 e. The summed E-state index contributed by atoms with van der Waals surface area (Å²) in [4.78, 5) is 0.836. The first-order valence-electron chi connectivity index (χ1n) is 5.20. The lowest BCUT2D eigenvalue weighted by atomic mass is 9.89. The number of nitrogens with two attached hydrogens (primary N) is 1. The third-order valence-corrected chi connectivity index (χ3v) is 4.51. The second-order valence-corrected chi connectivity index (χ2v) is 7.35. The highest BCUT2D eigenvalue weighted by molar-refractivity contribution is 9.10. The van der Waals surface area contributed by atoms with E-state index in [-0.39, 0.29) is 11.5 Å². The summed E-state index contributed by atoms with van der Waals surface area (Å²) < 4.78 is 13.0. The molecule has 0 heterocycles. The van der Waals surface area contributed by atoms with Gasteiger partial charge in [-0.1, -0.05) is 36.7 Å². The van der Waals surface area contributed by atoms with Crippen LogP contribution in [-0.4, -0.2) is 16.0 Å². The molecule has 1 aromatic rings. The molecule has 0 aromatic heterocycles. The monoisotopic (exact) mass is 303 g/mol. The van der Waals surface area contributed by atoms with E-state index in [1.807, 2.05) is 24.3 Å². The zero-order valence-corrected chi connectivity index (χ0v) is 12.3. The molecular formula is C12H18BrNOS. The zero-order valence-electron chi connectivity index (χ0n) is 9.87. The van der Waals surface area contributed by atoms with E-state index in [0.29, 0.717) is 5.75 Å². The van der Waals surface area contributed by atoms with Crippen molar-refractivity contribution in [2.45, 2.75) is 31.7 Å². The van der Waals surface area contributed by atoms with Crippen molar-refractivity contribution in [3.63, 3.8) is 0 Å². The summed E-state index contributed by atoms with van der Waals surface area (Å²) in [6.07, 6.45) is 0. The standard InChI is InChI=1S/C12H18BrNOS/c1-12(2,3)11(14)8-16(15)10-6-4-9(13)5-7-10/h4-7,11H,8,14H2,1-3H3. The van der Waals surface area contributed by atoms with E-state index in [4.69, 9.17) is 5.73 Å². The minimum Gasteiger partial charge on any atom is -0.326 e. The minimum absolute atomic E-state index is 0.00891. The zero-order chi connectivity index (χ0) is 12.3. The second-order valence-electron chi connectivity index (χ2n) is 4.94. The van der Waals surface area contributed by atoms with Crippen LogP contribution in [0.5, 0.6) is 0 Å². The maximum Gasteiger partial charge on any atom is 0.0545 e. The summed E-state index contributed by atoms with van der Waals surface area (Å²) in [6, 6.07) is 7.48. The Kier molecular flexibility index (Phi) is 4.71. The molecule has 0 saturated carbocycles. The van der Waals surface area contributed by atoms with Gasteiger partial charge < -0.3 is 5.73 Å². The summed E-state index contributed by atoms with van der Waals surface area (Å²) in [5.41, 5.74) is 6.01. The highest BCUT2D eigenvalue weighted by atomic mass is 79.9. The van der Waals surface area contributed by atoms with Gasteiger partial charge in [0.15, 0.2) is 0 Å². The molecule has 1 rings (SSSR count). The number of hydrogen-bond donors (Lipinski definition) is 1. The molecule has 1 aromatic carbocycles. The van der Waals surface area contributed by atoms with Crippen LogP contribution in [0.1, 0.15) is 20.8 Å². The Morgan fingerprint density at radius 2 is 1.81 bits per heavy atom. The summed E-state index contributed by atoms with van der Waals surface area (Å²) in [6.45, 7) is 6.20. The van der Waals surface area contributed by atoms with Gasteiger partial charge in [0.2, 0.25) is 0 Å². The summed E-state index contributed by atoms with van der Waals surface area (Å²) >= 11 is 3.35. The molecule has 0 amide bonds. The Morgan fingerprint density at radius 3 is 2.25 bits per heavy atom. The average Bonchev–Trinajstić information content (AvgIpc) is 2.17. The molecule has 90 valence electrons. The number of hydrogen-bond acceptors (Lipinski definition) is 2. The predicted octanol–water partition coefficient (Wildman–Crippen LogP) is 2.93. The van der Waals surface area contributed by atoms with Crippen molar-refractivity contribution < 1.29 is 4.21 Å². The molecule has 0 aliphatic heterocycles. The van der Waals surface area contributed by atoms with Crippen molar-refractivity contribution in [1.29, 1.82) is 0 Å². The van der Waals surface area contributed by atoms with E-state index >= 15 is 0 Å². The maximum absolute atomic E-state index is 12.0. The van der Waals surface area contributed by atoms with Crippen LogP contribution in [0.15, 0.2) is 33.6 Å². The molecule has 2 N–H and O–H groups in total. The van der Waals surface area contributed by atoms with Crippen molar-refractivity contribution >= 4 is 26.7 Å². The van der Waals surface area contributed by atoms with Crippen LogP contribution in [0.3, 0.4) is 0 Å². The van der Waals surface area contributed by atoms with Crippen LogP contribution < -0.4 is 5.73 Å². The van der Waals surface area contributed by atoms with Gasteiger partial charge in [-0.2, -0.15) is 0 Å². The SMILES string of the molecule is CC(C)(C)C(N)CS(=O)c1ccc(Br)cc1. The second kappa shape index (κ2) is 5.43. The van der Waals surface area contributed by atoms with Crippen LogP contribution in [0, 0.1) is 5.41 Å². The molecule has 0 bridgehead atoms. The molecule has 0 spiro atoms. The normalized spacial score (nSPS) is 15.8. The molecule has 0 aliphatic rings. The van der Waals surface area contributed by atoms with Crippen molar-refractivity contribution in [2.75, 3.05) is 5.75 Å². The molecule has 0 radical (unpaired) electrons. The predicted molar refractivity (Wildman–Crippen MR) is 72.8 cm³/mol. The molecule has 2 nitrogen and oxygen atoms in total. The van der Waals surface area contributed by atoms with Gasteiger partial charge in [0.1, 0.15) is 0 Å². The average molecular weight is 304 g/mol. The fraction of sp³-hybridized carbons (Fsp3) is 0.500. The van der Waals surface area contributed by atoms with E-state index < -0.39 is 10.8 Å². The van der Waals surface area contributed by atoms with Gasteiger partial charge in [0.05, 0.1) is 10.8 Å². The topological polar surface area (TPSA) is 43.1 Å². The summed E-state index contributed by atoms with van der Waals surface area (Å²) in [5, 5.41) is 0. The molecule has 2 unspecified atom stereocenters. The Bertz CT molecular complexity index is 370. The molecule has 2 atom stereocenters. The van der Waals surface area contributed by atoms with Crippen molar-refractivity contribution in [1.82, 2.24) is 0 Å². The summed E-state index contributed by atoms with van der Waals surface area (Å²) in [5.74, 6) is 0.505. The molecule has 0 fully saturated rings. The number of benzene rings is 1. The Balaban J connectivity index is 2.70. The first-order valence-corrected chi connectivity index (χ1v) is 7.31. The van der Waals surface area contributed by atoms with Gasteiger partial charge in [0.25, 0.3) is 0 Å². The van der Waals surface area contributed by atoms with Gasteiger partial charge in [-0.05, 0) is 29.7 Å². The Labute approximate surface area is 108 Å². The van der Waals surface area contributed by atoms with Crippen molar-refractivity contribution in [3.05, 3.63) is 28.7 Å². The highest BCUT2D eigenvalue weighted by Gasteiger charge is 2.23. The Hall–Kier alpha value is -0.190. The molecular weight excluding hydrogens is 286 g/mol. The van der Waals surface area contributed by atoms with Crippen LogP contribution in [-0.2, 0) is 10.8 Å². The van der Waals surface area contributed by atoms with Crippen molar-refractivity contribution in [3.8, 4) is 0 Å². The van der Waals surface area contributed by atoms with E-state index in [2.05, 4.69) is 36.7 Å². The molecule has 0 aliphatic carbocycles. The van der Waals surface area contributed by atoms with E-state index in [0.717, 1.165) is 9.37 Å². The minimum atomic E-state index is -1.01. The summed E-state index contributed by atoms with van der Waals surface area (Å²) in [7, 11) is -1.01. The Morgan fingerprint density at radius 1 is 1.31 bits per heavy atom. The fourth-order valence-corrected chi connectivity index (χ4v) is 2.82. The fourth-order valence-electron chi connectivity index (χ4n) is 1.10. The first kappa shape index (κ1) is 13.9. The lowest BCUT2D eigenvalue weighted by Gasteiger charge is -2.26. The van der Waals surface area contributed by atoms with E-state index in [1.54, 1.807) is 0 Å². The van der Waals surface area contributed by atoms with Crippen LogP contribution in [0.2, 0.25) is 0 Å². The van der Waals surface area contributed by atoms with E-state index in [9.17, 15) is 4.21 Å². The van der Waals surface area contributed by atoms with Crippen LogP contribution in [0.25, 0.3) is 0 Å². The first-order chi connectivity index (χ1) is 7.30. The van der Waals surface area contributed by atoms with Gasteiger partial charge >= 0.3 is 0 Å². The van der Waals surface area contributed by atoms with E-state index in [1.165, 1.54) is 0 Å². The van der Waals surface area contributed by atoms with Gasteiger partial charge in [-0.3, -0.25) is 4.21 Å². The highest BCUT2D eigenvalue weighted by Crippen LogP contribution is 2.20. The van der Waals surface area contributed by atoms with Gasteiger partial charge in [0, 0.05) is 21.2 Å². The molecule has 16 heavy (non-hydrogen) atoms.